The van der Waals surface area contributed by atoms with Gasteiger partial charge >= 0.3 is 6.36 Å². The highest BCUT2D eigenvalue weighted by atomic mass is 79.9. The topological polar surface area (TPSA) is 18.5 Å². The standard InChI is InChI=1S/C14H9BrF4O2/c15-10-3-6-12(16)13(7-10)20-8-9-1-4-11(5-2-9)21-14(17,18)19/h1-7H,8H2. The first-order chi connectivity index (χ1) is 9.83. The molecule has 0 heterocycles. The Morgan fingerprint density at radius 1 is 1.00 bits per heavy atom. The molecule has 7 heteroatoms. The van der Waals surface area contributed by atoms with Crippen molar-refractivity contribution in [2.45, 2.75) is 13.0 Å². The highest BCUT2D eigenvalue weighted by Crippen LogP contribution is 2.25. The Morgan fingerprint density at radius 2 is 1.67 bits per heavy atom. The van der Waals surface area contributed by atoms with Gasteiger partial charge in [0, 0.05) is 4.47 Å². The van der Waals surface area contributed by atoms with Crippen LogP contribution in [0.5, 0.6) is 11.5 Å². The number of hydrogen-bond acceptors (Lipinski definition) is 2. The van der Waals surface area contributed by atoms with Crippen LogP contribution in [-0.2, 0) is 6.61 Å². The largest absolute Gasteiger partial charge is 0.573 e. The normalized spacial score (nSPS) is 11.3. The zero-order valence-electron chi connectivity index (χ0n) is 10.5. The minimum atomic E-state index is -4.72. The molecule has 0 bridgehead atoms. The fourth-order valence-electron chi connectivity index (χ4n) is 1.54. The molecule has 0 spiro atoms. The van der Waals surface area contributed by atoms with Crippen LogP contribution in [0.1, 0.15) is 5.56 Å². The third-order valence-corrected chi connectivity index (χ3v) is 2.94. The Bertz CT molecular complexity index is 611. The molecule has 2 nitrogen and oxygen atoms in total. The number of ether oxygens (including phenoxy) is 2. The maximum Gasteiger partial charge on any atom is 0.573 e. The summed E-state index contributed by atoms with van der Waals surface area (Å²) in [5, 5.41) is 0. The molecule has 2 aromatic rings. The highest BCUT2D eigenvalue weighted by molar-refractivity contribution is 9.10. The van der Waals surface area contributed by atoms with Crippen molar-refractivity contribution >= 4 is 15.9 Å². The first-order valence-corrected chi connectivity index (χ1v) is 6.55. The molecule has 0 saturated heterocycles. The maximum absolute atomic E-state index is 13.4. The second-order valence-corrected chi connectivity index (χ2v) is 4.97. The van der Waals surface area contributed by atoms with Gasteiger partial charge in [0.05, 0.1) is 0 Å². The number of benzene rings is 2. The van der Waals surface area contributed by atoms with Crippen LogP contribution in [0.15, 0.2) is 46.9 Å². The van der Waals surface area contributed by atoms with Crippen LogP contribution in [0.4, 0.5) is 17.6 Å². The minimum absolute atomic E-state index is 0.0275. The van der Waals surface area contributed by atoms with Crippen LogP contribution >= 0.6 is 15.9 Å². The van der Waals surface area contributed by atoms with Gasteiger partial charge in [-0.3, -0.25) is 0 Å². The average Bonchev–Trinajstić information content (AvgIpc) is 2.40. The van der Waals surface area contributed by atoms with Crippen LogP contribution in [0.25, 0.3) is 0 Å². The van der Waals surface area contributed by atoms with Crippen molar-refractivity contribution in [3.05, 3.63) is 58.3 Å². The van der Waals surface area contributed by atoms with Gasteiger partial charge in [-0.1, -0.05) is 28.1 Å². The zero-order chi connectivity index (χ0) is 15.5. The van der Waals surface area contributed by atoms with Crippen LogP contribution in [0.2, 0.25) is 0 Å². The van der Waals surface area contributed by atoms with Crippen LogP contribution in [0, 0.1) is 5.82 Å². The smallest absolute Gasteiger partial charge is 0.486 e. The minimum Gasteiger partial charge on any atom is -0.486 e. The summed E-state index contributed by atoms with van der Waals surface area (Å²) in [7, 11) is 0. The lowest BCUT2D eigenvalue weighted by Gasteiger charge is -2.10. The molecule has 0 aromatic heterocycles. The Labute approximate surface area is 126 Å². The van der Waals surface area contributed by atoms with Crippen LogP contribution < -0.4 is 9.47 Å². The van der Waals surface area contributed by atoms with Gasteiger partial charge in [0.25, 0.3) is 0 Å². The zero-order valence-corrected chi connectivity index (χ0v) is 12.0. The van der Waals surface area contributed by atoms with E-state index in [0.717, 1.165) is 0 Å². The molecule has 2 rings (SSSR count). The first-order valence-electron chi connectivity index (χ1n) is 5.76. The van der Waals surface area contributed by atoms with E-state index in [-0.39, 0.29) is 18.1 Å². The molecule has 0 unspecified atom stereocenters. The summed E-state index contributed by atoms with van der Waals surface area (Å²) in [6.45, 7) is 0.0275. The maximum atomic E-state index is 13.4. The van der Waals surface area contributed by atoms with E-state index in [1.165, 1.54) is 42.5 Å². The summed E-state index contributed by atoms with van der Waals surface area (Å²) in [5.74, 6) is -0.782. The second kappa shape index (κ2) is 6.34. The predicted molar refractivity (Wildman–Crippen MR) is 71.6 cm³/mol. The summed E-state index contributed by atoms with van der Waals surface area (Å²) >= 11 is 3.19. The van der Waals surface area contributed by atoms with E-state index in [0.29, 0.717) is 10.0 Å². The second-order valence-electron chi connectivity index (χ2n) is 4.06. The summed E-state index contributed by atoms with van der Waals surface area (Å²) in [5.41, 5.74) is 0.587. The number of halogens is 5. The molecule has 0 aliphatic carbocycles. The number of rotatable bonds is 4. The van der Waals surface area contributed by atoms with E-state index in [9.17, 15) is 17.6 Å². The molecule has 112 valence electrons. The molecule has 0 radical (unpaired) electrons. The van der Waals surface area contributed by atoms with Gasteiger partial charge in [-0.2, -0.15) is 0 Å². The molecule has 0 atom stereocenters. The summed E-state index contributed by atoms with van der Waals surface area (Å²) < 4.78 is 59.1. The molecular formula is C14H9BrF4O2. The lowest BCUT2D eigenvalue weighted by Crippen LogP contribution is -2.17. The molecule has 2 aromatic carbocycles. The van der Waals surface area contributed by atoms with E-state index >= 15 is 0 Å². The van der Waals surface area contributed by atoms with Gasteiger partial charge in [-0.25, -0.2) is 4.39 Å². The van der Waals surface area contributed by atoms with Crippen molar-refractivity contribution in [2.24, 2.45) is 0 Å². The molecular weight excluding hydrogens is 356 g/mol. The van der Waals surface area contributed by atoms with E-state index in [2.05, 4.69) is 20.7 Å². The lowest BCUT2D eigenvalue weighted by atomic mass is 10.2. The SMILES string of the molecule is Fc1ccc(Br)cc1OCc1ccc(OC(F)(F)F)cc1. The number of alkyl halides is 3. The predicted octanol–water partition coefficient (Wildman–Crippen LogP) is 5.07. The Kier molecular flexibility index (Phi) is 4.72. The Balaban J connectivity index is 1.99. The van der Waals surface area contributed by atoms with Gasteiger partial charge in [0.15, 0.2) is 11.6 Å². The van der Waals surface area contributed by atoms with Crippen molar-refractivity contribution in [1.82, 2.24) is 0 Å². The Morgan fingerprint density at radius 3 is 2.29 bits per heavy atom. The van der Waals surface area contributed by atoms with E-state index in [1.54, 1.807) is 0 Å². The molecule has 0 aliphatic heterocycles. The van der Waals surface area contributed by atoms with E-state index < -0.39 is 12.2 Å². The van der Waals surface area contributed by atoms with E-state index in [1.807, 2.05) is 0 Å². The number of hydrogen-bond donors (Lipinski definition) is 0. The summed E-state index contributed by atoms with van der Waals surface area (Å²) in [6, 6.07) is 9.42. The van der Waals surface area contributed by atoms with Crippen molar-refractivity contribution < 1.29 is 27.0 Å². The van der Waals surface area contributed by atoms with Gasteiger partial charge in [0.1, 0.15) is 12.4 Å². The Hall–Kier alpha value is -1.76. The van der Waals surface area contributed by atoms with Crippen molar-refractivity contribution in [2.75, 3.05) is 0 Å². The molecule has 0 saturated carbocycles. The average molecular weight is 365 g/mol. The quantitative estimate of drug-likeness (QED) is 0.705. The molecule has 0 aliphatic rings. The molecule has 0 amide bonds. The van der Waals surface area contributed by atoms with Crippen LogP contribution in [-0.4, -0.2) is 6.36 Å². The lowest BCUT2D eigenvalue weighted by molar-refractivity contribution is -0.274. The third-order valence-electron chi connectivity index (χ3n) is 2.44. The molecule has 0 fully saturated rings. The third kappa shape index (κ3) is 4.93. The van der Waals surface area contributed by atoms with E-state index in [4.69, 9.17) is 4.74 Å². The van der Waals surface area contributed by atoms with Crippen molar-refractivity contribution in [3.63, 3.8) is 0 Å². The van der Waals surface area contributed by atoms with Crippen molar-refractivity contribution in [1.29, 1.82) is 0 Å². The summed E-state index contributed by atoms with van der Waals surface area (Å²) in [6.07, 6.45) is -4.72. The summed E-state index contributed by atoms with van der Waals surface area (Å²) in [4.78, 5) is 0. The van der Waals surface area contributed by atoms with Gasteiger partial charge in [-0.15, -0.1) is 13.2 Å². The van der Waals surface area contributed by atoms with Gasteiger partial charge in [0.2, 0.25) is 0 Å². The molecule has 21 heavy (non-hydrogen) atoms. The monoisotopic (exact) mass is 364 g/mol. The van der Waals surface area contributed by atoms with Crippen molar-refractivity contribution in [3.8, 4) is 11.5 Å². The molecule has 0 N–H and O–H groups in total. The van der Waals surface area contributed by atoms with Gasteiger partial charge in [-0.05, 0) is 35.9 Å². The van der Waals surface area contributed by atoms with Crippen LogP contribution in [0.3, 0.4) is 0 Å². The van der Waals surface area contributed by atoms with Gasteiger partial charge < -0.3 is 9.47 Å². The first kappa shape index (κ1) is 15.6. The highest BCUT2D eigenvalue weighted by Gasteiger charge is 2.30. The fraction of sp³-hybridized carbons (Fsp3) is 0.143. The fourth-order valence-corrected chi connectivity index (χ4v) is 1.88.